The molecule has 0 saturated heterocycles. The number of aryl methyl sites for hydroxylation is 3. The van der Waals surface area contributed by atoms with Crippen molar-refractivity contribution in [1.82, 2.24) is 9.97 Å². The third-order valence-corrected chi connectivity index (χ3v) is 7.21. The van der Waals surface area contributed by atoms with E-state index in [0.29, 0.717) is 0 Å². The van der Waals surface area contributed by atoms with Gasteiger partial charge in [-0.3, -0.25) is 0 Å². The molecule has 0 aromatic carbocycles. The smallest absolute Gasteiger partial charge is 0.128 e. The van der Waals surface area contributed by atoms with Gasteiger partial charge in [-0.2, -0.15) is 0 Å². The number of unbranched alkanes of at least 4 members (excludes halogenated alkanes) is 19. The number of nitrogens with zero attached hydrogens (tertiary/aromatic N) is 2. The first-order valence-corrected chi connectivity index (χ1v) is 15.7. The summed E-state index contributed by atoms with van der Waals surface area (Å²) in [6.07, 6.45) is 33.7. The number of hydrogen-bond acceptors (Lipinski definition) is 2. The van der Waals surface area contributed by atoms with Crippen LogP contribution in [0, 0.1) is 0 Å². The summed E-state index contributed by atoms with van der Waals surface area (Å²) in [5.41, 5.74) is 2.62. The van der Waals surface area contributed by atoms with Crippen LogP contribution in [-0.2, 0) is 19.3 Å². The van der Waals surface area contributed by atoms with Crippen molar-refractivity contribution in [3.63, 3.8) is 0 Å². The van der Waals surface area contributed by atoms with E-state index >= 15 is 0 Å². The molecule has 0 saturated carbocycles. The van der Waals surface area contributed by atoms with Crippen molar-refractivity contribution in [2.45, 2.75) is 181 Å². The highest BCUT2D eigenvalue weighted by molar-refractivity contribution is 5.12. The number of hydrogen-bond donors (Lipinski definition) is 0. The predicted octanol–water partition coefficient (Wildman–Crippen LogP) is 10.7. The SMILES string of the molecule is CCCCCCCCCCCCc1cc(CCCCCCCCCCCC)nc(CCCC)n1. The summed E-state index contributed by atoms with van der Waals surface area (Å²) in [4.78, 5) is 9.87. The molecule has 0 aliphatic rings. The van der Waals surface area contributed by atoms with Gasteiger partial charge in [0.05, 0.1) is 0 Å². The Morgan fingerprint density at radius 2 is 0.706 bits per heavy atom. The molecule has 1 aromatic heterocycles. The van der Waals surface area contributed by atoms with Crippen molar-refractivity contribution >= 4 is 0 Å². The molecule has 0 fully saturated rings. The zero-order valence-corrected chi connectivity index (χ0v) is 23.6. The lowest BCUT2D eigenvalue weighted by Crippen LogP contribution is -2.04. The molecule has 0 N–H and O–H groups in total. The largest absolute Gasteiger partial charge is 0.238 e. The summed E-state index contributed by atoms with van der Waals surface area (Å²) in [6.45, 7) is 6.86. The fourth-order valence-corrected chi connectivity index (χ4v) is 4.90. The second kappa shape index (κ2) is 23.8. The molecule has 0 atom stereocenters. The monoisotopic (exact) mass is 472 g/mol. The number of aromatic nitrogens is 2. The molecule has 0 spiro atoms. The highest BCUT2D eigenvalue weighted by Gasteiger charge is 2.06. The van der Waals surface area contributed by atoms with Crippen molar-refractivity contribution < 1.29 is 0 Å². The Morgan fingerprint density at radius 3 is 1.06 bits per heavy atom. The van der Waals surface area contributed by atoms with Crippen molar-refractivity contribution in [3.05, 3.63) is 23.3 Å². The van der Waals surface area contributed by atoms with E-state index in [2.05, 4.69) is 26.8 Å². The highest BCUT2D eigenvalue weighted by Crippen LogP contribution is 2.15. The van der Waals surface area contributed by atoms with Crippen molar-refractivity contribution in [3.8, 4) is 0 Å². The Morgan fingerprint density at radius 1 is 0.382 bits per heavy atom. The van der Waals surface area contributed by atoms with Crippen molar-refractivity contribution in [2.75, 3.05) is 0 Å². The van der Waals surface area contributed by atoms with Crippen LogP contribution in [0.1, 0.15) is 179 Å². The Kier molecular flexibility index (Phi) is 21.8. The molecule has 34 heavy (non-hydrogen) atoms. The highest BCUT2D eigenvalue weighted by atomic mass is 14.9. The lowest BCUT2D eigenvalue weighted by molar-refractivity contribution is 0.553. The van der Waals surface area contributed by atoms with E-state index in [4.69, 9.17) is 9.97 Å². The molecule has 2 heteroatoms. The van der Waals surface area contributed by atoms with Gasteiger partial charge in [0.2, 0.25) is 0 Å². The van der Waals surface area contributed by atoms with Gasteiger partial charge >= 0.3 is 0 Å². The molecule has 0 aliphatic heterocycles. The summed E-state index contributed by atoms with van der Waals surface area (Å²) in [7, 11) is 0. The van der Waals surface area contributed by atoms with Crippen LogP contribution in [0.5, 0.6) is 0 Å². The lowest BCUT2D eigenvalue weighted by Gasteiger charge is -2.09. The average molecular weight is 473 g/mol. The molecule has 0 aliphatic carbocycles. The summed E-state index contributed by atoms with van der Waals surface area (Å²) in [5, 5.41) is 0. The quantitative estimate of drug-likeness (QED) is 0.132. The average Bonchev–Trinajstić information content (AvgIpc) is 2.85. The van der Waals surface area contributed by atoms with Gasteiger partial charge in [-0.25, -0.2) is 9.97 Å². The van der Waals surface area contributed by atoms with Gasteiger partial charge in [0.15, 0.2) is 0 Å². The van der Waals surface area contributed by atoms with E-state index in [0.717, 1.165) is 25.1 Å². The molecule has 198 valence electrons. The Bertz CT molecular complexity index is 512. The minimum atomic E-state index is 1.05. The van der Waals surface area contributed by atoms with Crippen LogP contribution in [-0.4, -0.2) is 9.97 Å². The van der Waals surface area contributed by atoms with Gasteiger partial charge in [0, 0.05) is 17.8 Å². The fraction of sp³-hybridized carbons (Fsp3) is 0.875. The van der Waals surface area contributed by atoms with Crippen LogP contribution in [0.25, 0.3) is 0 Å². The fourth-order valence-electron chi connectivity index (χ4n) is 4.90. The van der Waals surface area contributed by atoms with Crippen LogP contribution >= 0.6 is 0 Å². The number of rotatable bonds is 25. The maximum Gasteiger partial charge on any atom is 0.128 e. The second-order valence-electron chi connectivity index (χ2n) is 10.7. The molecule has 0 amide bonds. The standard InChI is InChI=1S/C32H60N2/c1-4-7-10-12-14-16-18-20-22-24-26-30-29-31(34-32(33-30)28-9-6-3)27-25-23-21-19-17-15-13-11-8-5-2/h29H,4-28H2,1-3H3. The Labute approximate surface area is 214 Å². The Hall–Kier alpha value is -0.920. The van der Waals surface area contributed by atoms with Gasteiger partial charge in [0.1, 0.15) is 5.82 Å². The topological polar surface area (TPSA) is 25.8 Å². The minimum absolute atomic E-state index is 1.05. The van der Waals surface area contributed by atoms with E-state index in [1.807, 2.05) is 0 Å². The second-order valence-corrected chi connectivity index (χ2v) is 10.7. The third-order valence-electron chi connectivity index (χ3n) is 7.21. The molecule has 1 rings (SSSR count). The third kappa shape index (κ3) is 18.4. The molecular formula is C32H60N2. The first-order chi connectivity index (χ1) is 16.8. The summed E-state index contributed by atoms with van der Waals surface area (Å²) >= 11 is 0. The molecule has 1 aromatic rings. The molecule has 0 bridgehead atoms. The van der Waals surface area contributed by atoms with Crippen molar-refractivity contribution in [1.29, 1.82) is 0 Å². The molecule has 1 heterocycles. The van der Waals surface area contributed by atoms with E-state index in [1.165, 1.54) is 153 Å². The van der Waals surface area contributed by atoms with Crippen LogP contribution < -0.4 is 0 Å². The maximum absolute atomic E-state index is 4.93. The van der Waals surface area contributed by atoms with Crippen LogP contribution in [0.4, 0.5) is 0 Å². The molecule has 0 radical (unpaired) electrons. The van der Waals surface area contributed by atoms with Gasteiger partial charge in [0.25, 0.3) is 0 Å². The normalized spacial score (nSPS) is 11.4. The summed E-state index contributed by atoms with van der Waals surface area (Å²) in [6, 6.07) is 2.33. The molecular weight excluding hydrogens is 412 g/mol. The van der Waals surface area contributed by atoms with Crippen molar-refractivity contribution in [2.24, 2.45) is 0 Å². The lowest BCUT2D eigenvalue weighted by atomic mass is 10.0. The van der Waals surface area contributed by atoms with E-state index < -0.39 is 0 Å². The van der Waals surface area contributed by atoms with Crippen LogP contribution in [0.3, 0.4) is 0 Å². The maximum atomic E-state index is 4.93. The van der Waals surface area contributed by atoms with Gasteiger partial charge in [-0.15, -0.1) is 0 Å². The summed E-state index contributed by atoms with van der Waals surface area (Å²) < 4.78 is 0. The van der Waals surface area contributed by atoms with E-state index in [9.17, 15) is 0 Å². The zero-order chi connectivity index (χ0) is 24.5. The molecule has 2 nitrogen and oxygen atoms in total. The molecule has 0 unspecified atom stereocenters. The first kappa shape index (κ1) is 31.1. The van der Waals surface area contributed by atoms with Crippen LogP contribution in [0.2, 0.25) is 0 Å². The zero-order valence-electron chi connectivity index (χ0n) is 23.6. The van der Waals surface area contributed by atoms with Gasteiger partial charge < -0.3 is 0 Å². The first-order valence-electron chi connectivity index (χ1n) is 15.7. The Balaban J connectivity index is 2.24. The van der Waals surface area contributed by atoms with Crippen LogP contribution in [0.15, 0.2) is 6.07 Å². The van der Waals surface area contributed by atoms with E-state index in [-0.39, 0.29) is 0 Å². The minimum Gasteiger partial charge on any atom is -0.238 e. The van der Waals surface area contributed by atoms with E-state index in [1.54, 1.807) is 0 Å². The van der Waals surface area contributed by atoms with Gasteiger partial charge in [-0.05, 0) is 38.2 Å². The summed E-state index contributed by atoms with van der Waals surface area (Å²) in [5.74, 6) is 1.11. The van der Waals surface area contributed by atoms with Gasteiger partial charge in [-0.1, -0.05) is 143 Å². The predicted molar refractivity (Wildman–Crippen MR) is 152 cm³/mol.